The van der Waals surface area contributed by atoms with Gasteiger partial charge in [-0.25, -0.2) is 0 Å². The predicted octanol–water partition coefficient (Wildman–Crippen LogP) is 3.45. The summed E-state index contributed by atoms with van der Waals surface area (Å²) in [6.07, 6.45) is 0.788. The zero-order chi connectivity index (χ0) is 11.7. The Morgan fingerprint density at radius 1 is 1.44 bits per heavy atom. The van der Waals surface area contributed by atoms with Crippen LogP contribution in [-0.4, -0.2) is 5.16 Å². The van der Waals surface area contributed by atoms with E-state index in [1.54, 1.807) is 0 Å². The third kappa shape index (κ3) is 1.78. The minimum atomic E-state index is 0.384. The number of nitrogen functional groups attached to an aromatic ring is 1. The highest BCUT2D eigenvalue weighted by atomic mass is 35.5. The minimum absolute atomic E-state index is 0.384. The number of halogens is 1. The molecule has 16 heavy (non-hydrogen) atoms. The van der Waals surface area contributed by atoms with Crippen molar-refractivity contribution in [2.45, 2.75) is 20.3 Å². The van der Waals surface area contributed by atoms with E-state index < -0.39 is 0 Å². The van der Waals surface area contributed by atoms with Gasteiger partial charge in [-0.2, -0.15) is 0 Å². The summed E-state index contributed by atoms with van der Waals surface area (Å²) in [6.45, 7) is 3.98. The lowest BCUT2D eigenvalue weighted by atomic mass is 10.0. The van der Waals surface area contributed by atoms with Crippen LogP contribution in [0.4, 0.5) is 5.88 Å². The molecular weight excluding hydrogens is 224 g/mol. The van der Waals surface area contributed by atoms with E-state index in [2.05, 4.69) is 5.16 Å². The van der Waals surface area contributed by atoms with E-state index >= 15 is 0 Å². The summed E-state index contributed by atoms with van der Waals surface area (Å²) in [4.78, 5) is 0. The third-order valence-electron chi connectivity index (χ3n) is 2.62. The van der Waals surface area contributed by atoms with Crippen LogP contribution in [0, 0.1) is 6.92 Å². The lowest BCUT2D eigenvalue weighted by Gasteiger charge is -2.02. The Morgan fingerprint density at radius 2 is 2.19 bits per heavy atom. The van der Waals surface area contributed by atoms with Gasteiger partial charge in [0.05, 0.1) is 0 Å². The first-order valence-electron chi connectivity index (χ1n) is 5.14. The summed E-state index contributed by atoms with van der Waals surface area (Å²) in [7, 11) is 0. The van der Waals surface area contributed by atoms with Gasteiger partial charge >= 0.3 is 0 Å². The molecular formula is C12H13ClN2O. The third-order valence-corrected chi connectivity index (χ3v) is 3.02. The first-order chi connectivity index (χ1) is 7.63. The molecule has 0 atom stereocenters. The van der Waals surface area contributed by atoms with Crippen molar-refractivity contribution in [1.82, 2.24) is 5.16 Å². The van der Waals surface area contributed by atoms with Crippen LogP contribution in [0.2, 0.25) is 5.02 Å². The Bertz CT molecular complexity index is 520. The summed E-state index contributed by atoms with van der Waals surface area (Å²) >= 11 is 6.08. The lowest BCUT2D eigenvalue weighted by molar-refractivity contribution is 0.438. The average Bonchev–Trinajstić information content (AvgIpc) is 2.63. The van der Waals surface area contributed by atoms with Crippen molar-refractivity contribution in [3.8, 4) is 11.3 Å². The first-order valence-corrected chi connectivity index (χ1v) is 5.51. The van der Waals surface area contributed by atoms with Crippen molar-refractivity contribution in [2.75, 3.05) is 5.73 Å². The normalized spacial score (nSPS) is 10.7. The Hall–Kier alpha value is -1.48. The Kier molecular flexibility index (Phi) is 2.88. The smallest absolute Gasteiger partial charge is 0.225 e. The number of aromatic nitrogens is 1. The molecule has 0 fully saturated rings. The van der Waals surface area contributed by atoms with Crippen LogP contribution in [-0.2, 0) is 6.42 Å². The Morgan fingerprint density at radius 3 is 2.81 bits per heavy atom. The first kappa shape index (κ1) is 11.0. The van der Waals surface area contributed by atoms with Gasteiger partial charge in [0.1, 0.15) is 5.69 Å². The van der Waals surface area contributed by atoms with Gasteiger partial charge < -0.3 is 10.3 Å². The molecule has 0 spiro atoms. The number of benzene rings is 1. The van der Waals surface area contributed by atoms with E-state index in [4.69, 9.17) is 21.9 Å². The fourth-order valence-corrected chi connectivity index (χ4v) is 1.81. The van der Waals surface area contributed by atoms with E-state index in [0.29, 0.717) is 5.88 Å². The zero-order valence-electron chi connectivity index (χ0n) is 9.25. The van der Waals surface area contributed by atoms with Crippen molar-refractivity contribution in [3.05, 3.63) is 34.3 Å². The van der Waals surface area contributed by atoms with Crippen LogP contribution >= 0.6 is 11.6 Å². The van der Waals surface area contributed by atoms with Crippen molar-refractivity contribution >= 4 is 17.5 Å². The topological polar surface area (TPSA) is 52.0 Å². The van der Waals surface area contributed by atoms with Gasteiger partial charge in [0, 0.05) is 16.1 Å². The molecule has 0 amide bonds. The van der Waals surface area contributed by atoms with Crippen molar-refractivity contribution in [2.24, 2.45) is 0 Å². The van der Waals surface area contributed by atoms with Crippen LogP contribution in [0.1, 0.15) is 18.1 Å². The predicted molar refractivity (Wildman–Crippen MR) is 65.5 cm³/mol. The number of aryl methyl sites for hydroxylation is 1. The summed E-state index contributed by atoms with van der Waals surface area (Å²) in [5.74, 6) is 0.384. The number of nitrogens with zero attached hydrogens (tertiary/aromatic N) is 1. The van der Waals surface area contributed by atoms with Gasteiger partial charge in [-0.1, -0.05) is 35.8 Å². The number of hydrogen-bond donors (Lipinski definition) is 1. The van der Waals surface area contributed by atoms with E-state index in [1.807, 2.05) is 32.0 Å². The minimum Gasteiger partial charge on any atom is -0.367 e. The van der Waals surface area contributed by atoms with Gasteiger partial charge in [-0.3, -0.25) is 0 Å². The fourth-order valence-electron chi connectivity index (χ4n) is 1.63. The maximum atomic E-state index is 6.08. The monoisotopic (exact) mass is 236 g/mol. The highest BCUT2D eigenvalue weighted by Crippen LogP contribution is 2.30. The highest BCUT2D eigenvalue weighted by molar-refractivity contribution is 6.31. The van der Waals surface area contributed by atoms with Crippen LogP contribution in [0.25, 0.3) is 11.3 Å². The maximum absolute atomic E-state index is 6.08. The van der Waals surface area contributed by atoms with Crippen molar-refractivity contribution in [3.63, 3.8) is 0 Å². The summed E-state index contributed by atoms with van der Waals surface area (Å²) in [6, 6.07) is 5.81. The Balaban J connectivity index is 2.54. The number of anilines is 1. The lowest BCUT2D eigenvalue weighted by Crippen LogP contribution is -1.90. The molecule has 1 aromatic carbocycles. The summed E-state index contributed by atoms with van der Waals surface area (Å²) < 4.78 is 5.00. The molecule has 84 valence electrons. The van der Waals surface area contributed by atoms with Gasteiger partial charge in [-0.05, 0) is 25.0 Å². The van der Waals surface area contributed by atoms with Gasteiger partial charge in [0.2, 0.25) is 5.88 Å². The van der Waals surface area contributed by atoms with E-state index in [0.717, 1.165) is 33.8 Å². The summed E-state index contributed by atoms with van der Waals surface area (Å²) in [5, 5.41) is 4.69. The van der Waals surface area contributed by atoms with Crippen LogP contribution < -0.4 is 5.73 Å². The highest BCUT2D eigenvalue weighted by Gasteiger charge is 2.14. The molecule has 0 saturated heterocycles. The van der Waals surface area contributed by atoms with Crippen LogP contribution in [0.15, 0.2) is 22.7 Å². The molecule has 2 rings (SSSR count). The molecule has 4 heteroatoms. The largest absolute Gasteiger partial charge is 0.367 e. The van der Waals surface area contributed by atoms with Gasteiger partial charge in [0.15, 0.2) is 0 Å². The maximum Gasteiger partial charge on any atom is 0.225 e. The molecule has 0 saturated carbocycles. The molecule has 0 unspecified atom stereocenters. The number of hydrogen-bond acceptors (Lipinski definition) is 3. The molecule has 0 bridgehead atoms. The van der Waals surface area contributed by atoms with Crippen LogP contribution in [0.5, 0.6) is 0 Å². The molecule has 0 aliphatic carbocycles. The fraction of sp³-hybridized carbons (Fsp3) is 0.250. The number of nitrogens with two attached hydrogens (primary N) is 1. The molecule has 1 aromatic heterocycles. The molecule has 2 aromatic rings. The van der Waals surface area contributed by atoms with Crippen molar-refractivity contribution in [1.29, 1.82) is 0 Å². The second-order valence-electron chi connectivity index (χ2n) is 3.69. The van der Waals surface area contributed by atoms with E-state index in [-0.39, 0.29) is 0 Å². The van der Waals surface area contributed by atoms with Crippen LogP contribution in [0.3, 0.4) is 0 Å². The van der Waals surface area contributed by atoms with Gasteiger partial charge in [-0.15, -0.1) is 0 Å². The second kappa shape index (κ2) is 4.18. The average molecular weight is 237 g/mol. The van der Waals surface area contributed by atoms with E-state index in [9.17, 15) is 0 Å². The Labute approximate surface area is 99.2 Å². The molecule has 1 heterocycles. The standard InChI is InChI=1S/C12H13ClN2O/c1-3-9-11(15-16-12(9)14)8-5-4-7(2)10(13)6-8/h4-6H,3,14H2,1-2H3. The van der Waals surface area contributed by atoms with Crippen molar-refractivity contribution < 1.29 is 4.52 Å². The number of rotatable bonds is 2. The molecule has 0 aliphatic heterocycles. The zero-order valence-corrected chi connectivity index (χ0v) is 10.0. The van der Waals surface area contributed by atoms with E-state index in [1.165, 1.54) is 0 Å². The second-order valence-corrected chi connectivity index (χ2v) is 4.10. The molecule has 2 N–H and O–H groups in total. The summed E-state index contributed by atoms with van der Waals surface area (Å²) in [5.41, 5.74) is 9.38. The molecule has 0 radical (unpaired) electrons. The quantitative estimate of drug-likeness (QED) is 0.869. The van der Waals surface area contributed by atoms with Gasteiger partial charge in [0.25, 0.3) is 0 Å². The molecule has 0 aliphatic rings. The SMILES string of the molecule is CCc1c(-c2ccc(C)c(Cl)c2)noc1N. The molecule has 3 nitrogen and oxygen atoms in total.